The van der Waals surface area contributed by atoms with Crippen LogP contribution in [0.15, 0.2) is 47.6 Å². The smallest absolute Gasteiger partial charge is 0.326 e. The number of hydrogen-bond donors (Lipinski definition) is 3. The summed E-state index contributed by atoms with van der Waals surface area (Å²) in [5.74, 6) is 2.30. The molecule has 34 heavy (non-hydrogen) atoms. The molecule has 0 saturated carbocycles. The number of pyridine rings is 1. The lowest BCUT2D eigenvalue weighted by Gasteiger charge is -2.32. The van der Waals surface area contributed by atoms with Crippen molar-refractivity contribution in [1.82, 2.24) is 30.9 Å². The number of rotatable bonds is 7. The Morgan fingerprint density at radius 2 is 2.03 bits per heavy atom. The highest BCUT2D eigenvalue weighted by atomic mass is 32.2. The summed E-state index contributed by atoms with van der Waals surface area (Å²) in [6, 6.07) is 7.51. The van der Waals surface area contributed by atoms with Crippen LogP contribution >= 0.6 is 11.8 Å². The summed E-state index contributed by atoms with van der Waals surface area (Å²) in [7, 11) is 0. The molecule has 0 aromatic carbocycles. The number of anilines is 1. The van der Waals surface area contributed by atoms with E-state index in [1.54, 1.807) is 18.3 Å². The van der Waals surface area contributed by atoms with E-state index in [-0.39, 0.29) is 5.70 Å². The Kier molecular flexibility index (Phi) is 6.87. The third-order valence-electron chi connectivity index (χ3n) is 6.20. The third kappa shape index (κ3) is 5.45. The number of allylic oxidation sites excluding steroid dienone is 1. The number of urea groups is 1. The van der Waals surface area contributed by atoms with Crippen LogP contribution in [-0.4, -0.2) is 52.3 Å². The molecule has 2 fully saturated rings. The first kappa shape index (κ1) is 22.5. The molecule has 5 rings (SSSR count). The number of nitrogens with one attached hydrogen (secondary N) is 3. The van der Waals surface area contributed by atoms with E-state index in [1.165, 1.54) is 0 Å². The van der Waals surface area contributed by atoms with Crippen molar-refractivity contribution in [3.63, 3.8) is 0 Å². The summed E-state index contributed by atoms with van der Waals surface area (Å²) in [6.45, 7) is 3.49. The summed E-state index contributed by atoms with van der Waals surface area (Å²) in [6.07, 6.45) is 7.58. The molecule has 0 radical (unpaired) electrons. The molecule has 10 heteroatoms. The van der Waals surface area contributed by atoms with Crippen LogP contribution in [0.1, 0.15) is 35.8 Å². The Labute approximate surface area is 202 Å². The van der Waals surface area contributed by atoms with Gasteiger partial charge in [0.15, 0.2) is 0 Å². The van der Waals surface area contributed by atoms with Crippen LogP contribution in [-0.2, 0) is 11.3 Å². The fourth-order valence-corrected chi connectivity index (χ4v) is 5.22. The molecular formula is C24H27N7O2S. The van der Waals surface area contributed by atoms with Crippen LogP contribution in [0.3, 0.4) is 0 Å². The molecular weight excluding hydrogens is 450 g/mol. The molecule has 5 heterocycles. The van der Waals surface area contributed by atoms with Crippen molar-refractivity contribution in [3.8, 4) is 0 Å². The van der Waals surface area contributed by atoms with Crippen LogP contribution in [0.2, 0.25) is 0 Å². The highest BCUT2D eigenvalue weighted by Gasteiger charge is 2.24. The van der Waals surface area contributed by atoms with Crippen molar-refractivity contribution >= 4 is 35.7 Å². The Hall–Kier alpha value is -3.24. The van der Waals surface area contributed by atoms with E-state index in [4.69, 9.17) is 4.98 Å². The maximum atomic E-state index is 11.7. The number of thioether (sulfide) groups is 1. The highest BCUT2D eigenvalue weighted by Crippen LogP contribution is 2.28. The SMILES string of the molecule is O=C1NC(=O)/C(=C/c2ccnc(N3CCC(CNCc4cccc(C5C=CSC5)n4)CC3)n2)N1. The second-order valence-electron chi connectivity index (χ2n) is 8.63. The summed E-state index contributed by atoms with van der Waals surface area (Å²) in [4.78, 5) is 39.0. The van der Waals surface area contributed by atoms with E-state index >= 15 is 0 Å². The second kappa shape index (κ2) is 10.4. The molecule has 2 aromatic heterocycles. The third-order valence-corrected chi connectivity index (χ3v) is 7.11. The first-order valence-corrected chi connectivity index (χ1v) is 12.6. The van der Waals surface area contributed by atoms with Crippen molar-refractivity contribution in [2.75, 3.05) is 30.3 Å². The van der Waals surface area contributed by atoms with Crippen LogP contribution in [0.25, 0.3) is 6.08 Å². The van der Waals surface area contributed by atoms with E-state index in [9.17, 15) is 9.59 Å². The molecule has 0 spiro atoms. The number of hydrogen-bond acceptors (Lipinski definition) is 8. The molecule has 176 valence electrons. The lowest BCUT2D eigenvalue weighted by molar-refractivity contribution is -0.115. The number of amides is 3. The van der Waals surface area contributed by atoms with Gasteiger partial charge in [-0.15, -0.1) is 11.8 Å². The van der Waals surface area contributed by atoms with Crippen molar-refractivity contribution < 1.29 is 9.59 Å². The summed E-state index contributed by atoms with van der Waals surface area (Å²) < 4.78 is 0. The van der Waals surface area contributed by atoms with Gasteiger partial charge in [0.25, 0.3) is 5.91 Å². The molecule has 3 aliphatic rings. The van der Waals surface area contributed by atoms with Gasteiger partial charge in [-0.25, -0.2) is 14.8 Å². The van der Waals surface area contributed by atoms with E-state index < -0.39 is 11.9 Å². The van der Waals surface area contributed by atoms with Gasteiger partial charge in [0.1, 0.15) is 5.70 Å². The molecule has 3 amide bonds. The molecule has 3 N–H and O–H groups in total. The Bertz CT molecular complexity index is 1130. The number of carbonyl (C=O) groups excluding carboxylic acids is 2. The van der Waals surface area contributed by atoms with Crippen molar-refractivity contribution in [1.29, 1.82) is 0 Å². The van der Waals surface area contributed by atoms with Crippen molar-refractivity contribution in [2.24, 2.45) is 5.92 Å². The molecule has 0 aliphatic carbocycles. The zero-order valence-electron chi connectivity index (χ0n) is 18.7. The number of imide groups is 1. The number of aromatic nitrogens is 3. The maximum absolute atomic E-state index is 11.7. The quantitative estimate of drug-likeness (QED) is 0.412. The van der Waals surface area contributed by atoms with E-state index in [0.29, 0.717) is 23.5 Å². The van der Waals surface area contributed by atoms with Crippen LogP contribution in [0, 0.1) is 5.92 Å². The van der Waals surface area contributed by atoms with Gasteiger partial charge >= 0.3 is 6.03 Å². The van der Waals surface area contributed by atoms with Crippen LogP contribution in [0.5, 0.6) is 0 Å². The molecule has 1 unspecified atom stereocenters. The average molecular weight is 478 g/mol. The number of nitrogens with zero attached hydrogens (tertiary/aromatic N) is 4. The summed E-state index contributed by atoms with van der Waals surface area (Å²) in [5, 5.41) is 10.4. The van der Waals surface area contributed by atoms with E-state index in [2.05, 4.69) is 60.5 Å². The lowest BCUT2D eigenvalue weighted by atomic mass is 9.97. The lowest BCUT2D eigenvalue weighted by Crippen LogP contribution is -2.38. The van der Waals surface area contributed by atoms with Crippen molar-refractivity contribution in [2.45, 2.75) is 25.3 Å². The number of piperidine rings is 1. The van der Waals surface area contributed by atoms with Crippen LogP contribution in [0.4, 0.5) is 10.7 Å². The van der Waals surface area contributed by atoms with E-state index in [0.717, 1.165) is 56.2 Å². The Balaban J connectivity index is 1.10. The van der Waals surface area contributed by atoms with Crippen molar-refractivity contribution in [3.05, 3.63) is 64.7 Å². The summed E-state index contributed by atoms with van der Waals surface area (Å²) >= 11 is 1.84. The normalized spacial score (nSPS) is 21.8. The van der Waals surface area contributed by atoms with Gasteiger partial charge in [-0.2, -0.15) is 0 Å². The predicted molar refractivity (Wildman–Crippen MR) is 132 cm³/mol. The van der Waals surface area contributed by atoms with Gasteiger partial charge in [0.05, 0.1) is 11.4 Å². The standard InChI is InChI=1S/C24H27N7O2S/c32-22-21(29-24(33)30-22)12-18-4-8-26-23(28-18)31-9-5-16(6-10-31)13-25-14-19-2-1-3-20(27-19)17-7-11-34-15-17/h1-4,7-8,11-12,16-17,25H,5-6,9-10,13-15H2,(H2,29,30,32,33)/b21-12-. The van der Waals surface area contributed by atoms with Crippen LogP contribution < -0.4 is 20.9 Å². The molecule has 3 aliphatic heterocycles. The minimum absolute atomic E-state index is 0.193. The zero-order chi connectivity index (χ0) is 23.3. The monoisotopic (exact) mass is 477 g/mol. The fourth-order valence-electron chi connectivity index (χ4n) is 4.32. The maximum Gasteiger partial charge on any atom is 0.326 e. The number of carbonyl (C=O) groups is 2. The topological polar surface area (TPSA) is 112 Å². The molecule has 2 saturated heterocycles. The first-order valence-electron chi connectivity index (χ1n) is 11.5. The van der Waals surface area contributed by atoms with Gasteiger partial charge in [-0.1, -0.05) is 12.1 Å². The minimum Gasteiger partial charge on any atom is -0.341 e. The van der Waals surface area contributed by atoms with Gasteiger partial charge in [0.2, 0.25) is 5.95 Å². The predicted octanol–water partition coefficient (Wildman–Crippen LogP) is 2.40. The van der Waals surface area contributed by atoms with Gasteiger partial charge in [-0.05, 0) is 55.0 Å². The zero-order valence-corrected chi connectivity index (χ0v) is 19.6. The average Bonchev–Trinajstić information content (AvgIpc) is 3.50. The van der Waals surface area contributed by atoms with E-state index in [1.807, 2.05) is 11.8 Å². The molecule has 9 nitrogen and oxygen atoms in total. The highest BCUT2D eigenvalue weighted by molar-refractivity contribution is 8.02. The minimum atomic E-state index is -0.519. The van der Waals surface area contributed by atoms with Gasteiger partial charge in [0, 0.05) is 43.2 Å². The molecule has 1 atom stereocenters. The summed E-state index contributed by atoms with van der Waals surface area (Å²) in [5.41, 5.74) is 3.02. The Morgan fingerprint density at radius 3 is 2.79 bits per heavy atom. The molecule has 2 aromatic rings. The van der Waals surface area contributed by atoms with Gasteiger partial charge < -0.3 is 15.5 Å². The first-order chi connectivity index (χ1) is 16.6. The fraction of sp³-hybridized carbons (Fsp3) is 0.375. The Morgan fingerprint density at radius 1 is 1.15 bits per heavy atom. The van der Waals surface area contributed by atoms with Gasteiger partial charge in [-0.3, -0.25) is 15.1 Å². The second-order valence-corrected chi connectivity index (χ2v) is 9.57. The largest absolute Gasteiger partial charge is 0.341 e. The molecule has 0 bridgehead atoms.